The van der Waals surface area contributed by atoms with E-state index < -0.39 is 0 Å². The zero-order chi connectivity index (χ0) is 16.1. The van der Waals surface area contributed by atoms with Gasteiger partial charge in [-0.3, -0.25) is 4.79 Å². The van der Waals surface area contributed by atoms with Crippen LogP contribution >= 0.6 is 12.4 Å². The molecule has 23 heavy (non-hydrogen) atoms. The number of benzene rings is 2. The molecule has 0 spiro atoms. The summed E-state index contributed by atoms with van der Waals surface area (Å²) in [5.41, 5.74) is 8.87. The van der Waals surface area contributed by atoms with Crippen LogP contribution in [0.1, 0.15) is 24.1 Å². The Morgan fingerprint density at radius 1 is 1.17 bits per heavy atom. The fourth-order valence-electron chi connectivity index (χ4n) is 2.28. The normalized spacial score (nSPS) is 12.7. The Bertz CT molecular complexity index is 647. The van der Waals surface area contributed by atoms with E-state index in [1.54, 1.807) is 7.11 Å². The van der Waals surface area contributed by atoms with E-state index in [1.165, 1.54) is 0 Å². The Hall–Kier alpha value is -2.04. The van der Waals surface area contributed by atoms with Gasteiger partial charge >= 0.3 is 0 Å². The molecule has 0 aliphatic heterocycles. The number of carbonyl (C=O) groups is 1. The highest BCUT2D eigenvalue weighted by Gasteiger charge is 2.22. The molecule has 2 aromatic rings. The van der Waals surface area contributed by atoms with Crippen LogP contribution in [0.5, 0.6) is 5.75 Å². The van der Waals surface area contributed by atoms with Crippen LogP contribution in [0.3, 0.4) is 0 Å². The molecular weight excluding hydrogens is 312 g/mol. The third-order valence-corrected chi connectivity index (χ3v) is 3.75. The first-order chi connectivity index (χ1) is 10.5. The molecule has 0 bridgehead atoms. The third-order valence-electron chi connectivity index (χ3n) is 3.75. The Balaban J connectivity index is 0.00000264. The monoisotopic (exact) mass is 334 g/mol. The van der Waals surface area contributed by atoms with E-state index in [0.717, 1.165) is 11.1 Å². The fraction of sp³-hybridized carbons (Fsp3) is 0.278. The third kappa shape index (κ3) is 4.71. The second kappa shape index (κ2) is 8.56. The lowest BCUT2D eigenvalue weighted by Gasteiger charge is -2.20. The maximum absolute atomic E-state index is 12.4. The maximum atomic E-state index is 12.4. The van der Waals surface area contributed by atoms with Crippen LogP contribution in [-0.4, -0.2) is 13.0 Å². The molecule has 2 aromatic carbocycles. The van der Waals surface area contributed by atoms with Crippen molar-refractivity contribution in [2.75, 3.05) is 12.4 Å². The van der Waals surface area contributed by atoms with Gasteiger partial charge in [0.25, 0.3) is 0 Å². The van der Waals surface area contributed by atoms with E-state index in [9.17, 15) is 4.79 Å². The van der Waals surface area contributed by atoms with Crippen molar-refractivity contribution < 1.29 is 9.53 Å². The van der Waals surface area contributed by atoms with Gasteiger partial charge in [-0.05, 0) is 30.2 Å². The van der Waals surface area contributed by atoms with Gasteiger partial charge in [-0.25, -0.2) is 0 Å². The summed E-state index contributed by atoms with van der Waals surface area (Å²) >= 11 is 0. The number of nitrogens with two attached hydrogens (primary N) is 1. The predicted octanol–water partition coefficient (Wildman–Crippen LogP) is 3.70. The first-order valence-electron chi connectivity index (χ1n) is 7.29. The number of carbonyl (C=O) groups excluding carboxylic acids is 1. The number of hydrogen-bond acceptors (Lipinski definition) is 3. The van der Waals surface area contributed by atoms with Crippen molar-refractivity contribution in [1.29, 1.82) is 0 Å². The van der Waals surface area contributed by atoms with Crippen LogP contribution in [0.15, 0.2) is 48.5 Å². The van der Waals surface area contributed by atoms with Gasteiger partial charge in [0.05, 0.1) is 18.7 Å². The Kier molecular flexibility index (Phi) is 7.07. The van der Waals surface area contributed by atoms with Gasteiger partial charge in [-0.1, -0.05) is 43.3 Å². The van der Waals surface area contributed by atoms with Gasteiger partial charge < -0.3 is 15.8 Å². The fourth-order valence-corrected chi connectivity index (χ4v) is 2.28. The number of amides is 1. The van der Waals surface area contributed by atoms with Gasteiger partial charge in [0.15, 0.2) is 0 Å². The average molecular weight is 335 g/mol. The highest BCUT2D eigenvalue weighted by molar-refractivity contribution is 5.94. The number of nitrogens with one attached hydrogen (secondary N) is 1. The number of ether oxygens (including phenoxy) is 1. The van der Waals surface area contributed by atoms with Gasteiger partial charge in [-0.15, -0.1) is 12.4 Å². The molecule has 0 radical (unpaired) electrons. The van der Waals surface area contributed by atoms with Gasteiger partial charge in [0.1, 0.15) is 5.75 Å². The minimum Gasteiger partial charge on any atom is -0.495 e. The Morgan fingerprint density at radius 3 is 2.43 bits per heavy atom. The number of rotatable bonds is 5. The van der Waals surface area contributed by atoms with Crippen LogP contribution < -0.4 is 15.8 Å². The molecule has 124 valence electrons. The maximum Gasteiger partial charge on any atom is 0.229 e. The molecule has 0 saturated heterocycles. The van der Waals surface area contributed by atoms with Crippen LogP contribution in [0.2, 0.25) is 0 Å². The number of aryl methyl sites for hydroxylation is 1. The molecule has 0 fully saturated rings. The SMILES string of the molecule is COc1cc(C)ccc1NC(=O)C(C)C(N)c1ccccc1.Cl. The van der Waals surface area contributed by atoms with E-state index >= 15 is 0 Å². The highest BCUT2D eigenvalue weighted by Crippen LogP contribution is 2.27. The van der Waals surface area contributed by atoms with Crippen molar-refractivity contribution in [3.8, 4) is 5.75 Å². The summed E-state index contributed by atoms with van der Waals surface area (Å²) in [5.74, 6) is 0.167. The van der Waals surface area contributed by atoms with Crippen LogP contribution in [0, 0.1) is 12.8 Å². The van der Waals surface area contributed by atoms with Gasteiger partial charge in [0.2, 0.25) is 5.91 Å². The molecule has 4 nitrogen and oxygen atoms in total. The molecular formula is C18H23ClN2O2. The molecule has 0 aromatic heterocycles. The van der Waals surface area contributed by atoms with Gasteiger partial charge in [-0.2, -0.15) is 0 Å². The number of halogens is 1. The summed E-state index contributed by atoms with van der Waals surface area (Å²) in [5, 5.41) is 2.90. The second-order valence-electron chi connectivity index (χ2n) is 5.42. The first kappa shape index (κ1) is 19.0. The Morgan fingerprint density at radius 2 is 1.83 bits per heavy atom. The summed E-state index contributed by atoms with van der Waals surface area (Å²) in [7, 11) is 1.59. The smallest absolute Gasteiger partial charge is 0.229 e. The quantitative estimate of drug-likeness (QED) is 0.876. The summed E-state index contributed by atoms with van der Waals surface area (Å²) < 4.78 is 5.31. The van der Waals surface area contributed by atoms with E-state index in [2.05, 4.69) is 5.32 Å². The van der Waals surface area contributed by atoms with Crippen LogP contribution in [0.4, 0.5) is 5.69 Å². The van der Waals surface area contributed by atoms with Crippen molar-refractivity contribution >= 4 is 24.0 Å². The molecule has 3 N–H and O–H groups in total. The topological polar surface area (TPSA) is 64.3 Å². The van der Waals surface area contributed by atoms with Crippen LogP contribution in [-0.2, 0) is 4.79 Å². The zero-order valence-electron chi connectivity index (χ0n) is 13.6. The highest BCUT2D eigenvalue weighted by atomic mass is 35.5. The summed E-state index contributed by atoms with van der Waals surface area (Å²) in [6.07, 6.45) is 0. The van der Waals surface area contributed by atoms with Gasteiger partial charge in [0, 0.05) is 6.04 Å². The molecule has 0 saturated carbocycles. The van der Waals surface area contributed by atoms with Crippen molar-refractivity contribution in [2.24, 2.45) is 11.7 Å². The number of methoxy groups -OCH3 is 1. The second-order valence-corrected chi connectivity index (χ2v) is 5.42. The van der Waals surface area contributed by atoms with Crippen molar-refractivity contribution in [1.82, 2.24) is 0 Å². The van der Waals surface area contributed by atoms with Crippen LogP contribution in [0.25, 0.3) is 0 Å². The molecule has 1 amide bonds. The number of anilines is 1. The van der Waals surface area contributed by atoms with Crippen molar-refractivity contribution in [3.63, 3.8) is 0 Å². The standard InChI is InChI=1S/C18H22N2O2.ClH/c1-12-9-10-15(16(11-12)22-3)20-18(21)13(2)17(19)14-7-5-4-6-8-14;/h4-11,13,17H,19H2,1-3H3,(H,20,21);1H. The molecule has 0 aliphatic carbocycles. The summed E-state index contributed by atoms with van der Waals surface area (Å²) in [4.78, 5) is 12.4. The summed E-state index contributed by atoms with van der Waals surface area (Å²) in [6, 6.07) is 14.9. The minimum atomic E-state index is -0.353. The molecule has 2 rings (SSSR count). The predicted molar refractivity (Wildman–Crippen MR) is 96.1 cm³/mol. The lowest BCUT2D eigenvalue weighted by molar-refractivity contribution is -0.120. The molecule has 2 unspecified atom stereocenters. The van der Waals surface area contributed by atoms with E-state index in [-0.39, 0.29) is 30.3 Å². The van der Waals surface area contributed by atoms with E-state index in [4.69, 9.17) is 10.5 Å². The van der Waals surface area contributed by atoms with E-state index in [1.807, 2.05) is 62.4 Å². The summed E-state index contributed by atoms with van der Waals surface area (Å²) in [6.45, 7) is 3.80. The number of hydrogen-bond donors (Lipinski definition) is 2. The zero-order valence-corrected chi connectivity index (χ0v) is 14.4. The Labute approximate surface area is 143 Å². The minimum absolute atomic E-state index is 0. The lowest BCUT2D eigenvalue weighted by atomic mass is 9.94. The molecule has 0 aliphatic rings. The molecule has 5 heteroatoms. The molecule has 2 atom stereocenters. The first-order valence-corrected chi connectivity index (χ1v) is 7.29. The largest absolute Gasteiger partial charge is 0.495 e. The average Bonchev–Trinajstić information content (AvgIpc) is 2.55. The van der Waals surface area contributed by atoms with Crippen molar-refractivity contribution in [3.05, 3.63) is 59.7 Å². The lowest BCUT2D eigenvalue weighted by Crippen LogP contribution is -2.30. The van der Waals surface area contributed by atoms with E-state index in [0.29, 0.717) is 11.4 Å². The van der Waals surface area contributed by atoms with Crippen molar-refractivity contribution in [2.45, 2.75) is 19.9 Å². The molecule has 0 heterocycles.